The fourth-order valence-corrected chi connectivity index (χ4v) is 2.83. The standard InChI is InChI=1S/C13H15NO4S/c1-14(8-12-6-7-18-10-12)19(16,17)13-4-2-11(9-15)3-5-13/h2-7,10,15H,8-9H2,1H3. The molecule has 0 bridgehead atoms. The highest BCUT2D eigenvalue weighted by Crippen LogP contribution is 2.17. The van der Waals surface area contributed by atoms with Crippen LogP contribution in [-0.2, 0) is 23.2 Å². The summed E-state index contributed by atoms with van der Waals surface area (Å²) in [6.45, 7) is 0.145. The Morgan fingerprint density at radius 2 is 1.84 bits per heavy atom. The zero-order valence-electron chi connectivity index (χ0n) is 10.5. The molecular formula is C13H15NO4S. The van der Waals surface area contributed by atoms with Gasteiger partial charge in [-0.15, -0.1) is 0 Å². The molecule has 0 amide bonds. The molecule has 0 aliphatic rings. The minimum atomic E-state index is -3.53. The van der Waals surface area contributed by atoms with E-state index in [0.717, 1.165) is 5.56 Å². The summed E-state index contributed by atoms with van der Waals surface area (Å²) in [4.78, 5) is 0.204. The van der Waals surface area contributed by atoms with Crippen molar-refractivity contribution in [2.24, 2.45) is 0 Å². The van der Waals surface area contributed by atoms with Crippen LogP contribution in [0.25, 0.3) is 0 Å². The molecule has 1 aromatic carbocycles. The zero-order chi connectivity index (χ0) is 13.9. The highest BCUT2D eigenvalue weighted by molar-refractivity contribution is 7.89. The molecule has 1 heterocycles. The SMILES string of the molecule is CN(Cc1ccoc1)S(=O)(=O)c1ccc(CO)cc1. The van der Waals surface area contributed by atoms with Crippen molar-refractivity contribution < 1.29 is 17.9 Å². The van der Waals surface area contributed by atoms with Crippen molar-refractivity contribution in [3.63, 3.8) is 0 Å². The van der Waals surface area contributed by atoms with E-state index < -0.39 is 10.0 Å². The normalized spacial score (nSPS) is 11.9. The summed E-state index contributed by atoms with van der Waals surface area (Å²) in [6.07, 6.45) is 3.02. The molecule has 19 heavy (non-hydrogen) atoms. The van der Waals surface area contributed by atoms with Gasteiger partial charge in [0.15, 0.2) is 0 Å². The van der Waals surface area contributed by atoms with E-state index in [0.29, 0.717) is 5.56 Å². The molecule has 0 saturated heterocycles. The van der Waals surface area contributed by atoms with Crippen LogP contribution in [0.2, 0.25) is 0 Å². The Labute approximate surface area is 112 Å². The first-order valence-corrected chi connectivity index (χ1v) is 7.15. The van der Waals surface area contributed by atoms with E-state index in [1.807, 2.05) is 0 Å². The predicted molar refractivity (Wildman–Crippen MR) is 69.7 cm³/mol. The Morgan fingerprint density at radius 1 is 1.16 bits per heavy atom. The molecule has 1 aromatic heterocycles. The van der Waals surface area contributed by atoms with Crippen molar-refractivity contribution in [2.45, 2.75) is 18.0 Å². The molecule has 0 spiro atoms. The Morgan fingerprint density at radius 3 is 2.37 bits per heavy atom. The van der Waals surface area contributed by atoms with Crippen LogP contribution in [0.1, 0.15) is 11.1 Å². The summed E-state index contributed by atoms with van der Waals surface area (Å²) in [5.41, 5.74) is 1.47. The van der Waals surface area contributed by atoms with Crippen LogP contribution in [-0.4, -0.2) is 24.9 Å². The predicted octanol–water partition coefficient (Wildman–Crippen LogP) is 1.59. The first kappa shape index (κ1) is 13.8. The molecular weight excluding hydrogens is 266 g/mol. The summed E-state index contributed by atoms with van der Waals surface area (Å²) in [7, 11) is -2.01. The summed E-state index contributed by atoms with van der Waals surface area (Å²) in [5, 5.41) is 8.94. The maximum absolute atomic E-state index is 12.3. The smallest absolute Gasteiger partial charge is 0.243 e. The average molecular weight is 281 g/mol. The molecule has 0 aliphatic heterocycles. The van der Waals surface area contributed by atoms with Gasteiger partial charge in [0, 0.05) is 19.2 Å². The molecule has 2 aromatic rings. The van der Waals surface area contributed by atoms with Crippen molar-refractivity contribution in [3.05, 3.63) is 54.0 Å². The molecule has 5 nitrogen and oxygen atoms in total. The van der Waals surface area contributed by atoms with E-state index in [1.165, 1.54) is 36.0 Å². The average Bonchev–Trinajstić information content (AvgIpc) is 2.91. The molecule has 0 atom stereocenters. The molecule has 1 N–H and O–H groups in total. The summed E-state index contributed by atoms with van der Waals surface area (Å²) in [5.74, 6) is 0. The number of hydrogen-bond donors (Lipinski definition) is 1. The Bertz CT molecular complexity index is 617. The lowest BCUT2D eigenvalue weighted by molar-refractivity contribution is 0.281. The molecule has 102 valence electrons. The third kappa shape index (κ3) is 3.04. The number of furan rings is 1. The van der Waals surface area contributed by atoms with E-state index >= 15 is 0 Å². The van der Waals surface area contributed by atoms with Crippen LogP contribution in [0.3, 0.4) is 0 Å². The second-order valence-corrected chi connectivity index (χ2v) is 6.24. The van der Waals surface area contributed by atoms with Gasteiger partial charge in [-0.2, -0.15) is 4.31 Å². The van der Waals surface area contributed by atoms with Crippen LogP contribution in [0.15, 0.2) is 52.2 Å². The third-order valence-electron chi connectivity index (χ3n) is 2.80. The number of rotatable bonds is 5. The Balaban J connectivity index is 2.20. The largest absolute Gasteiger partial charge is 0.472 e. The minimum absolute atomic E-state index is 0.106. The maximum Gasteiger partial charge on any atom is 0.243 e. The Kier molecular flexibility index (Phi) is 4.04. The zero-order valence-corrected chi connectivity index (χ0v) is 11.3. The van der Waals surface area contributed by atoms with Crippen LogP contribution in [0, 0.1) is 0 Å². The number of sulfonamides is 1. The highest BCUT2D eigenvalue weighted by atomic mass is 32.2. The van der Waals surface area contributed by atoms with Crippen LogP contribution >= 0.6 is 0 Å². The lowest BCUT2D eigenvalue weighted by Gasteiger charge is -2.16. The monoisotopic (exact) mass is 281 g/mol. The molecule has 0 unspecified atom stereocenters. The van der Waals surface area contributed by atoms with Crippen LogP contribution in [0.4, 0.5) is 0 Å². The Hall–Kier alpha value is -1.63. The van der Waals surface area contributed by atoms with E-state index in [4.69, 9.17) is 9.52 Å². The van der Waals surface area contributed by atoms with Crippen molar-refractivity contribution in [1.29, 1.82) is 0 Å². The number of nitrogens with zero attached hydrogens (tertiary/aromatic N) is 1. The first-order chi connectivity index (χ1) is 9.04. The van der Waals surface area contributed by atoms with Gasteiger partial charge in [0.05, 0.1) is 24.0 Å². The van der Waals surface area contributed by atoms with Crippen molar-refractivity contribution in [2.75, 3.05) is 7.05 Å². The molecule has 0 aliphatic carbocycles. The van der Waals surface area contributed by atoms with Gasteiger partial charge in [0.25, 0.3) is 0 Å². The maximum atomic E-state index is 12.3. The highest BCUT2D eigenvalue weighted by Gasteiger charge is 2.20. The molecule has 6 heteroatoms. The number of aliphatic hydroxyl groups is 1. The number of benzene rings is 1. The second kappa shape index (κ2) is 5.56. The first-order valence-electron chi connectivity index (χ1n) is 5.71. The van der Waals surface area contributed by atoms with Gasteiger partial charge in [0.2, 0.25) is 10.0 Å². The summed E-state index contributed by atoms with van der Waals surface area (Å²) >= 11 is 0. The van der Waals surface area contributed by atoms with Gasteiger partial charge < -0.3 is 9.52 Å². The van der Waals surface area contributed by atoms with Gasteiger partial charge in [-0.05, 0) is 23.8 Å². The van der Waals surface area contributed by atoms with Crippen molar-refractivity contribution >= 4 is 10.0 Å². The van der Waals surface area contributed by atoms with E-state index in [2.05, 4.69) is 0 Å². The van der Waals surface area contributed by atoms with Gasteiger partial charge >= 0.3 is 0 Å². The van der Waals surface area contributed by atoms with Gasteiger partial charge in [-0.25, -0.2) is 8.42 Å². The second-order valence-electron chi connectivity index (χ2n) is 4.19. The fourth-order valence-electron chi connectivity index (χ4n) is 1.67. The van der Waals surface area contributed by atoms with Gasteiger partial charge in [0.1, 0.15) is 0 Å². The van der Waals surface area contributed by atoms with Crippen LogP contribution in [0.5, 0.6) is 0 Å². The third-order valence-corrected chi connectivity index (χ3v) is 4.62. The van der Waals surface area contributed by atoms with E-state index in [-0.39, 0.29) is 18.0 Å². The van der Waals surface area contributed by atoms with Crippen LogP contribution < -0.4 is 0 Å². The number of aliphatic hydroxyl groups excluding tert-OH is 1. The quantitative estimate of drug-likeness (QED) is 0.903. The fraction of sp³-hybridized carbons (Fsp3) is 0.231. The van der Waals surface area contributed by atoms with Crippen molar-refractivity contribution in [3.8, 4) is 0 Å². The van der Waals surface area contributed by atoms with Gasteiger partial charge in [-0.1, -0.05) is 12.1 Å². The lowest BCUT2D eigenvalue weighted by Crippen LogP contribution is -2.26. The summed E-state index contributed by atoms with van der Waals surface area (Å²) in [6, 6.07) is 7.90. The van der Waals surface area contributed by atoms with Crippen molar-refractivity contribution in [1.82, 2.24) is 4.31 Å². The van der Waals surface area contributed by atoms with Gasteiger partial charge in [-0.3, -0.25) is 0 Å². The lowest BCUT2D eigenvalue weighted by atomic mass is 10.2. The molecule has 0 fully saturated rings. The topological polar surface area (TPSA) is 70.8 Å². The number of hydrogen-bond acceptors (Lipinski definition) is 4. The molecule has 0 saturated carbocycles. The van der Waals surface area contributed by atoms with E-state index in [9.17, 15) is 8.42 Å². The molecule has 0 radical (unpaired) electrons. The van der Waals surface area contributed by atoms with E-state index in [1.54, 1.807) is 18.2 Å². The molecule has 2 rings (SSSR count). The summed E-state index contributed by atoms with van der Waals surface area (Å²) < 4.78 is 30.8. The minimum Gasteiger partial charge on any atom is -0.472 e.